The van der Waals surface area contributed by atoms with Gasteiger partial charge in [-0.25, -0.2) is 4.79 Å². The zero-order chi connectivity index (χ0) is 12.4. The molecule has 1 rings (SSSR count). The molecule has 0 aromatic heterocycles. The van der Waals surface area contributed by atoms with E-state index in [9.17, 15) is 9.59 Å². The topological polar surface area (TPSA) is 84.7 Å². The molecule has 0 atom stereocenters. The SMILES string of the molecule is CCOC(=O)CNC(N)=O.CN1CCCC1. The number of nitrogens with one attached hydrogen (secondary N) is 1. The van der Waals surface area contributed by atoms with Crippen LogP contribution in [0.4, 0.5) is 4.79 Å². The Labute approximate surface area is 96.1 Å². The number of carbonyl (C=O) groups excluding carboxylic acids is 2. The molecule has 1 aliphatic heterocycles. The second kappa shape index (κ2) is 8.96. The predicted octanol–water partition coefficient (Wildman–Crippen LogP) is -0.0702. The highest BCUT2D eigenvalue weighted by Crippen LogP contribution is 2.02. The lowest BCUT2D eigenvalue weighted by molar-refractivity contribution is -0.141. The second-order valence-corrected chi connectivity index (χ2v) is 3.53. The molecule has 1 saturated heterocycles. The number of nitrogens with two attached hydrogens (primary N) is 1. The number of nitrogens with zero attached hydrogens (tertiary/aromatic N) is 1. The van der Waals surface area contributed by atoms with Gasteiger partial charge in [-0.15, -0.1) is 0 Å². The summed E-state index contributed by atoms with van der Waals surface area (Å²) in [5.41, 5.74) is 4.68. The fraction of sp³-hybridized carbons (Fsp3) is 0.800. The molecular formula is C10H21N3O3. The van der Waals surface area contributed by atoms with Gasteiger partial charge in [-0.2, -0.15) is 0 Å². The molecule has 0 saturated carbocycles. The number of amides is 2. The number of hydrogen-bond donors (Lipinski definition) is 2. The van der Waals surface area contributed by atoms with Crippen molar-refractivity contribution in [3.63, 3.8) is 0 Å². The lowest BCUT2D eigenvalue weighted by Gasteiger charge is -2.01. The van der Waals surface area contributed by atoms with E-state index >= 15 is 0 Å². The molecule has 0 aromatic carbocycles. The van der Waals surface area contributed by atoms with Crippen LogP contribution in [0.1, 0.15) is 19.8 Å². The van der Waals surface area contributed by atoms with E-state index in [0.29, 0.717) is 6.61 Å². The molecule has 0 radical (unpaired) electrons. The summed E-state index contributed by atoms with van der Waals surface area (Å²) >= 11 is 0. The van der Waals surface area contributed by atoms with E-state index in [-0.39, 0.29) is 6.54 Å². The number of likely N-dealkylation sites (tertiary alicyclic amines) is 1. The molecule has 1 heterocycles. The standard InChI is InChI=1S/C5H10N2O3.C5H11N/c1-2-10-4(8)3-7-5(6)9;1-6-4-2-3-5-6/h2-3H2,1H3,(H3,6,7,9);2-5H2,1H3. The Balaban J connectivity index is 0.000000315. The zero-order valence-corrected chi connectivity index (χ0v) is 9.99. The van der Waals surface area contributed by atoms with Gasteiger partial charge in [0.2, 0.25) is 0 Å². The Hall–Kier alpha value is -1.30. The first-order chi connectivity index (χ1) is 7.56. The van der Waals surface area contributed by atoms with Crippen molar-refractivity contribution in [1.82, 2.24) is 10.2 Å². The van der Waals surface area contributed by atoms with E-state index in [1.54, 1.807) is 6.92 Å². The highest BCUT2D eigenvalue weighted by molar-refractivity contribution is 5.79. The summed E-state index contributed by atoms with van der Waals surface area (Å²) < 4.78 is 4.48. The minimum Gasteiger partial charge on any atom is -0.465 e. The minimum absolute atomic E-state index is 0.164. The molecule has 0 unspecified atom stereocenters. The van der Waals surface area contributed by atoms with Crippen LogP contribution in [0.15, 0.2) is 0 Å². The molecule has 3 N–H and O–H groups in total. The fourth-order valence-electron chi connectivity index (χ4n) is 1.25. The Morgan fingerprint density at radius 1 is 1.38 bits per heavy atom. The first kappa shape index (κ1) is 14.7. The molecular weight excluding hydrogens is 210 g/mol. The van der Waals surface area contributed by atoms with E-state index < -0.39 is 12.0 Å². The number of primary amides is 1. The quantitative estimate of drug-likeness (QED) is 0.666. The molecule has 1 aliphatic rings. The summed E-state index contributed by atoms with van der Waals surface area (Å²) in [5, 5.41) is 2.09. The van der Waals surface area contributed by atoms with Gasteiger partial charge in [0.15, 0.2) is 0 Å². The fourth-order valence-corrected chi connectivity index (χ4v) is 1.25. The largest absolute Gasteiger partial charge is 0.465 e. The molecule has 2 amide bonds. The first-order valence-electron chi connectivity index (χ1n) is 5.43. The van der Waals surface area contributed by atoms with Crippen molar-refractivity contribution in [2.45, 2.75) is 19.8 Å². The number of carbonyl (C=O) groups is 2. The van der Waals surface area contributed by atoms with Gasteiger partial charge in [-0.05, 0) is 39.9 Å². The molecule has 6 nitrogen and oxygen atoms in total. The van der Waals surface area contributed by atoms with Gasteiger partial charge in [-0.3, -0.25) is 4.79 Å². The lowest BCUT2D eigenvalue weighted by Crippen LogP contribution is -2.34. The average Bonchev–Trinajstić information content (AvgIpc) is 2.68. The molecule has 94 valence electrons. The molecule has 0 aromatic rings. The van der Waals surface area contributed by atoms with Crippen LogP contribution in [0.3, 0.4) is 0 Å². The third-order valence-corrected chi connectivity index (χ3v) is 2.04. The summed E-state index contributed by atoms with van der Waals surface area (Å²) in [6.07, 6.45) is 2.83. The Morgan fingerprint density at radius 2 is 1.94 bits per heavy atom. The maximum atomic E-state index is 10.5. The summed E-state index contributed by atoms with van der Waals surface area (Å²) in [5.74, 6) is -0.485. The molecule has 0 aliphatic carbocycles. The van der Waals surface area contributed by atoms with E-state index in [4.69, 9.17) is 0 Å². The van der Waals surface area contributed by atoms with Crippen LogP contribution in [-0.4, -0.2) is 50.2 Å². The molecule has 6 heteroatoms. The summed E-state index contributed by atoms with van der Waals surface area (Å²) in [4.78, 5) is 22.8. The van der Waals surface area contributed by atoms with Gasteiger partial charge >= 0.3 is 12.0 Å². The van der Waals surface area contributed by atoms with Crippen LogP contribution < -0.4 is 11.1 Å². The van der Waals surface area contributed by atoms with Crippen molar-refractivity contribution in [1.29, 1.82) is 0 Å². The summed E-state index contributed by atoms with van der Waals surface area (Å²) in [7, 11) is 2.17. The van der Waals surface area contributed by atoms with Crippen molar-refractivity contribution >= 4 is 12.0 Å². The molecule has 1 fully saturated rings. The van der Waals surface area contributed by atoms with Crippen LogP contribution in [0.5, 0.6) is 0 Å². The maximum Gasteiger partial charge on any atom is 0.325 e. The van der Waals surface area contributed by atoms with Crippen molar-refractivity contribution < 1.29 is 14.3 Å². The van der Waals surface area contributed by atoms with Crippen LogP contribution in [0.2, 0.25) is 0 Å². The number of hydrogen-bond acceptors (Lipinski definition) is 4. The Morgan fingerprint density at radius 3 is 2.25 bits per heavy atom. The smallest absolute Gasteiger partial charge is 0.325 e. The Kier molecular flexibility index (Phi) is 8.24. The van der Waals surface area contributed by atoms with Crippen LogP contribution in [0.25, 0.3) is 0 Å². The first-order valence-corrected chi connectivity index (χ1v) is 5.43. The van der Waals surface area contributed by atoms with E-state index in [2.05, 4.69) is 27.7 Å². The van der Waals surface area contributed by atoms with Crippen LogP contribution in [-0.2, 0) is 9.53 Å². The van der Waals surface area contributed by atoms with Crippen molar-refractivity contribution in [3.05, 3.63) is 0 Å². The predicted molar refractivity (Wildman–Crippen MR) is 61.0 cm³/mol. The Bertz CT molecular complexity index is 215. The van der Waals surface area contributed by atoms with Crippen molar-refractivity contribution in [2.75, 3.05) is 33.3 Å². The highest BCUT2D eigenvalue weighted by atomic mass is 16.5. The van der Waals surface area contributed by atoms with E-state index in [1.807, 2.05) is 0 Å². The molecule has 0 spiro atoms. The maximum absolute atomic E-state index is 10.5. The number of urea groups is 1. The van der Waals surface area contributed by atoms with Crippen molar-refractivity contribution in [2.24, 2.45) is 5.73 Å². The normalized spacial score (nSPS) is 14.9. The third kappa shape index (κ3) is 9.26. The monoisotopic (exact) mass is 231 g/mol. The van der Waals surface area contributed by atoms with E-state index in [0.717, 1.165) is 0 Å². The van der Waals surface area contributed by atoms with Gasteiger partial charge in [0.1, 0.15) is 6.54 Å². The number of esters is 1. The van der Waals surface area contributed by atoms with Gasteiger partial charge in [0, 0.05) is 0 Å². The van der Waals surface area contributed by atoms with Crippen molar-refractivity contribution in [3.8, 4) is 0 Å². The lowest BCUT2D eigenvalue weighted by atomic mass is 10.4. The average molecular weight is 231 g/mol. The summed E-state index contributed by atoms with van der Waals surface area (Å²) in [6.45, 7) is 4.46. The van der Waals surface area contributed by atoms with Crippen LogP contribution >= 0.6 is 0 Å². The van der Waals surface area contributed by atoms with E-state index in [1.165, 1.54) is 25.9 Å². The highest BCUT2D eigenvalue weighted by Gasteiger charge is 2.03. The molecule has 16 heavy (non-hydrogen) atoms. The molecule has 0 bridgehead atoms. The van der Waals surface area contributed by atoms with Gasteiger partial charge in [0.25, 0.3) is 0 Å². The van der Waals surface area contributed by atoms with Crippen LogP contribution in [0, 0.1) is 0 Å². The second-order valence-electron chi connectivity index (χ2n) is 3.53. The number of rotatable bonds is 3. The number of ether oxygens (including phenoxy) is 1. The van der Waals surface area contributed by atoms with Gasteiger partial charge < -0.3 is 20.7 Å². The van der Waals surface area contributed by atoms with Gasteiger partial charge in [0.05, 0.1) is 6.61 Å². The third-order valence-electron chi connectivity index (χ3n) is 2.04. The van der Waals surface area contributed by atoms with Gasteiger partial charge in [-0.1, -0.05) is 0 Å². The minimum atomic E-state index is -0.729. The summed E-state index contributed by atoms with van der Waals surface area (Å²) in [6, 6.07) is -0.729. The zero-order valence-electron chi connectivity index (χ0n) is 9.99.